The van der Waals surface area contributed by atoms with Crippen molar-refractivity contribution in [3.05, 3.63) is 16.6 Å². The SMILES string of the molecule is CCCCCCCCCCC(O)c1cscn1. The molecule has 3 heteroatoms. The Kier molecular flexibility index (Phi) is 8.28. The van der Waals surface area contributed by atoms with Crippen LogP contribution in [0.3, 0.4) is 0 Å². The zero-order chi connectivity index (χ0) is 12.3. The summed E-state index contributed by atoms with van der Waals surface area (Å²) in [7, 11) is 0. The molecule has 0 saturated heterocycles. The van der Waals surface area contributed by atoms with Crippen LogP contribution >= 0.6 is 11.3 Å². The fourth-order valence-electron chi connectivity index (χ4n) is 2.01. The molecule has 0 aliphatic rings. The summed E-state index contributed by atoms with van der Waals surface area (Å²) in [5.41, 5.74) is 2.63. The highest BCUT2D eigenvalue weighted by Gasteiger charge is 2.08. The van der Waals surface area contributed by atoms with Crippen LogP contribution in [0.5, 0.6) is 0 Å². The Hall–Kier alpha value is -0.410. The maximum atomic E-state index is 9.83. The van der Waals surface area contributed by atoms with Crippen molar-refractivity contribution in [1.29, 1.82) is 0 Å². The largest absolute Gasteiger partial charge is 0.387 e. The second-order valence-electron chi connectivity index (χ2n) is 4.69. The first-order valence-corrected chi connectivity index (χ1v) is 7.85. The molecule has 17 heavy (non-hydrogen) atoms. The molecule has 1 N–H and O–H groups in total. The monoisotopic (exact) mass is 255 g/mol. The molecule has 0 aliphatic carbocycles. The molecule has 0 amide bonds. The minimum atomic E-state index is -0.346. The van der Waals surface area contributed by atoms with Crippen LogP contribution in [0.25, 0.3) is 0 Å². The smallest absolute Gasteiger partial charge is 0.0968 e. The number of aliphatic hydroxyl groups is 1. The number of hydrogen-bond donors (Lipinski definition) is 1. The fraction of sp³-hybridized carbons (Fsp3) is 0.786. The molecule has 0 radical (unpaired) electrons. The van der Waals surface area contributed by atoms with Crippen LogP contribution in [-0.4, -0.2) is 10.1 Å². The number of aliphatic hydroxyl groups excluding tert-OH is 1. The van der Waals surface area contributed by atoms with Gasteiger partial charge in [-0.25, -0.2) is 4.98 Å². The Morgan fingerprint density at radius 3 is 2.35 bits per heavy atom. The number of hydrogen-bond acceptors (Lipinski definition) is 3. The Balaban J connectivity index is 1.90. The van der Waals surface area contributed by atoms with Crippen molar-refractivity contribution in [3.8, 4) is 0 Å². The van der Waals surface area contributed by atoms with Gasteiger partial charge >= 0.3 is 0 Å². The van der Waals surface area contributed by atoms with Gasteiger partial charge in [-0.15, -0.1) is 11.3 Å². The quantitative estimate of drug-likeness (QED) is 0.614. The molecule has 0 aliphatic heterocycles. The van der Waals surface area contributed by atoms with E-state index in [0.717, 1.165) is 18.5 Å². The van der Waals surface area contributed by atoms with Gasteiger partial charge in [0.2, 0.25) is 0 Å². The summed E-state index contributed by atoms with van der Waals surface area (Å²) in [5.74, 6) is 0. The molecule has 1 atom stereocenters. The molecule has 0 fully saturated rings. The van der Waals surface area contributed by atoms with Gasteiger partial charge in [0.25, 0.3) is 0 Å². The molecular formula is C14H25NOS. The lowest BCUT2D eigenvalue weighted by atomic mass is 10.0. The number of thiazole rings is 1. The number of nitrogens with zero attached hydrogens (tertiary/aromatic N) is 1. The molecule has 1 rings (SSSR count). The predicted octanol–water partition coefficient (Wildman–Crippen LogP) is 4.71. The maximum absolute atomic E-state index is 9.83. The van der Waals surface area contributed by atoms with E-state index >= 15 is 0 Å². The van der Waals surface area contributed by atoms with Gasteiger partial charge in [0, 0.05) is 5.38 Å². The Bertz CT molecular complexity index is 261. The molecule has 0 spiro atoms. The van der Waals surface area contributed by atoms with Crippen molar-refractivity contribution in [1.82, 2.24) is 4.98 Å². The lowest BCUT2D eigenvalue weighted by molar-refractivity contribution is 0.159. The molecule has 2 nitrogen and oxygen atoms in total. The van der Waals surface area contributed by atoms with Crippen molar-refractivity contribution >= 4 is 11.3 Å². The normalized spacial score (nSPS) is 12.8. The first kappa shape index (κ1) is 14.7. The first-order chi connectivity index (χ1) is 8.34. The van der Waals surface area contributed by atoms with Crippen molar-refractivity contribution in [2.24, 2.45) is 0 Å². The van der Waals surface area contributed by atoms with E-state index in [1.807, 2.05) is 5.38 Å². The highest BCUT2D eigenvalue weighted by Crippen LogP contribution is 2.19. The van der Waals surface area contributed by atoms with E-state index in [1.54, 1.807) is 16.8 Å². The fourth-order valence-corrected chi connectivity index (χ4v) is 2.61. The Morgan fingerprint density at radius 2 is 1.76 bits per heavy atom. The lowest BCUT2D eigenvalue weighted by Gasteiger charge is -2.07. The molecule has 1 unspecified atom stereocenters. The second-order valence-corrected chi connectivity index (χ2v) is 5.41. The lowest BCUT2D eigenvalue weighted by Crippen LogP contribution is -1.97. The van der Waals surface area contributed by atoms with Gasteiger partial charge < -0.3 is 5.11 Å². The summed E-state index contributed by atoms with van der Waals surface area (Å²) in [6.07, 6.45) is 11.0. The molecular weight excluding hydrogens is 230 g/mol. The second kappa shape index (κ2) is 9.60. The first-order valence-electron chi connectivity index (χ1n) is 6.90. The van der Waals surface area contributed by atoms with Gasteiger partial charge in [-0.2, -0.15) is 0 Å². The minimum absolute atomic E-state index is 0.346. The Morgan fingerprint density at radius 1 is 1.12 bits per heavy atom. The van der Waals surface area contributed by atoms with E-state index in [1.165, 1.54) is 44.9 Å². The van der Waals surface area contributed by atoms with E-state index in [2.05, 4.69) is 11.9 Å². The van der Waals surface area contributed by atoms with Crippen molar-refractivity contribution < 1.29 is 5.11 Å². The molecule has 1 aromatic rings. The summed E-state index contributed by atoms with van der Waals surface area (Å²) in [4.78, 5) is 4.13. The van der Waals surface area contributed by atoms with Crippen LogP contribution in [-0.2, 0) is 0 Å². The molecule has 0 aromatic carbocycles. The summed E-state index contributed by atoms with van der Waals surface area (Å²) < 4.78 is 0. The Labute approximate surface area is 109 Å². The summed E-state index contributed by atoms with van der Waals surface area (Å²) in [6.45, 7) is 2.25. The number of rotatable bonds is 10. The van der Waals surface area contributed by atoms with E-state index in [4.69, 9.17) is 0 Å². The highest BCUT2D eigenvalue weighted by molar-refractivity contribution is 7.07. The third-order valence-electron chi connectivity index (χ3n) is 3.12. The van der Waals surface area contributed by atoms with E-state index in [9.17, 15) is 5.11 Å². The summed E-state index contributed by atoms with van der Waals surface area (Å²) in [6, 6.07) is 0. The van der Waals surface area contributed by atoms with Gasteiger partial charge in [0.1, 0.15) is 0 Å². The van der Waals surface area contributed by atoms with Gasteiger partial charge in [0.05, 0.1) is 17.3 Å². The molecule has 1 heterocycles. The van der Waals surface area contributed by atoms with Crippen LogP contribution in [0.15, 0.2) is 10.9 Å². The molecule has 0 saturated carbocycles. The van der Waals surface area contributed by atoms with Crippen LogP contribution < -0.4 is 0 Å². The van der Waals surface area contributed by atoms with Crippen molar-refractivity contribution in [2.45, 2.75) is 70.8 Å². The van der Waals surface area contributed by atoms with Crippen LogP contribution in [0.2, 0.25) is 0 Å². The van der Waals surface area contributed by atoms with Crippen LogP contribution in [0, 0.1) is 0 Å². The van der Waals surface area contributed by atoms with Crippen molar-refractivity contribution in [3.63, 3.8) is 0 Å². The van der Waals surface area contributed by atoms with Gasteiger partial charge in [-0.05, 0) is 6.42 Å². The highest BCUT2D eigenvalue weighted by atomic mass is 32.1. The average Bonchev–Trinajstić information content (AvgIpc) is 2.86. The van der Waals surface area contributed by atoms with Crippen molar-refractivity contribution in [2.75, 3.05) is 0 Å². The molecule has 1 aromatic heterocycles. The number of unbranched alkanes of at least 4 members (excludes halogenated alkanes) is 7. The molecule has 0 bridgehead atoms. The third kappa shape index (κ3) is 6.79. The minimum Gasteiger partial charge on any atom is -0.387 e. The summed E-state index contributed by atoms with van der Waals surface area (Å²) >= 11 is 1.55. The van der Waals surface area contributed by atoms with Gasteiger partial charge in [0.15, 0.2) is 0 Å². The predicted molar refractivity (Wildman–Crippen MR) is 74.3 cm³/mol. The zero-order valence-corrected chi connectivity index (χ0v) is 11.7. The summed E-state index contributed by atoms with van der Waals surface area (Å²) in [5, 5.41) is 11.8. The standard InChI is InChI=1S/C14H25NOS/c1-2-3-4-5-6-7-8-9-10-14(16)13-11-17-12-15-13/h11-12,14,16H,2-10H2,1H3. The number of aromatic nitrogens is 1. The van der Waals surface area contributed by atoms with Gasteiger partial charge in [-0.3, -0.25) is 0 Å². The van der Waals surface area contributed by atoms with E-state index in [0.29, 0.717) is 0 Å². The van der Waals surface area contributed by atoms with Gasteiger partial charge in [-0.1, -0.05) is 58.3 Å². The third-order valence-corrected chi connectivity index (χ3v) is 3.73. The average molecular weight is 255 g/mol. The van der Waals surface area contributed by atoms with E-state index < -0.39 is 0 Å². The zero-order valence-electron chi connectivity index (χ0n) is 10.9. The molecule has 98 valence electrons. The topological polar surface area (TPSA) is 33.1 Å². The van der Waals surface area contributed by atoms with Crippen LogP contribution in [0.1, 0.15) is 76.5 Å². The van der Waals surface area contributed by atoms with E-state index in [-0.39, 0.29) is 6.10 Å². The van der Waals surface area contributed by atoms with Crippen LogP contribution in [0.4, 0.5) is 0 Å². The maximum Gasteiger partial charge on any atom is 0.0968 e.